The second kappa shape index (κ2) is 3.72. The van der Waals surface area contributed by atoms with Crippen LogP contribution in [-0.4, -0.2) is 26.1 Å². The monoisotopic (exact) mass is 208 g/mol. The van der Waals surface area contributed by atoms with Gasteiger partial charge in [-0.15, -0.1) is 0 Å². The SMILES string of the molecule is c1cc2c(cc1COCC1CO1)OCO2. The molecule has 1 aromatic carbocycles. The van der Waals surface area contributed by atoms with Gasteiger partial charge >= 0.3 is 0 Å². The lowest BCUT2D eigenvalue weighted by Crippen LogP contribution is -2.01. The molecular formula is C11H12O4. The fraction of sp³-hybridized carbons (Fsp3) is 0.455. The van der Waals surface area contributed by atoms with E-state index in [1.54, 1.807) is 0 Å². The standard InChI is InChI=1S/C11H12O4/c1-2-10-11(15-7-14-10)3-8(1)4-12-5-9-6-13-9/h1-3,9H,4-7H2. The van der Waals surface area contributed by atoms with E-state index in [-0.39, 0.29) is 0 Å². The third-order valence-corrected chi connectivity index (χ3v) is 2.41. The van der Waals surface area contributed by atoms with Gasteiger partial charge in [0.2, 0.25) is 6.79 Å². The summed E-state index contributed by atoms with van der Waals surface area (Å²) in [5.74, 6) is 1.61. The average molecular weight is 208 g/mol. The Labute approximate surface area is 87.7 Å². The van der Waals surface area contributed by atoms with Gasteiger partial charge in [0.25, 0.3) is 0 Å². The summed E-state index contributed by atoms with van der Waals surface area (Å²) in [4.78, 5) is 0. The van der Waals surface area contributed by atoms with Crippen molar-refractivity contribution in [3.05, 3.63) is 23.8 Å². The first-order valence-corrected chi connectivity index (χ1v) is 5.00. The molecule has 1 fully saturated rings. The van der Waals surface area contributed by atoms with Crippen molar-refractivity contribution in [3.63, 3.8) is 0 Å². The van der Waals surface area contributed by atoms with Crippen LogP contribution in [-0.2, 0) is 16.1 Å². The molecule has 1 atom stereocenters. The maximum atomic E-state index is 5.48. The van der Waals surface area contributed by atoms with Gasteiger partial charge in [0.05, 0.1) is 19.8 Å². The summed E-state index contributed by atoms with van der Waals surface area (Å²) in [6.45, 7) is 2.42. The molecule has 0 radical (unpaired) electrons. The van der Waals surface area contributed by atoms with Crippen molar-refractivity contribution in [1.29, 1.82) is 0 Å². The van der Waals surface area contributed by atoms with Gasteiger partial charge in [0.15, 0.2) is 11.5 Å². The van der Waals surface area contributed by atoms with Gasteiger partial charge in [-0.05, 0) is 17.7 Å². The number of epoxide rings is 1. The van der Waals surface area contributed by atoms with Gasteiger partial charge in [0.1, 0.15) is 6.10 Å². The Hall–Kier alpha value is -1.26. The van der Waals surface area contributed by atoms with Gasteiger partial charge in [-0.1, -0.05) is 6.07 Å². The minimum atomic E-state index is 0.315. The van der Waals surface area contributed by atoms with Gasteiger partial charge < -0.3 is 18.9 Å². The van der Waals surface area contributed by atoms with Crippen molar-refractivity contribution >= 4 is 0 Å². The molecule has 1 saturated heterocycles. The predicted molar refractivity (Wildman–Crippen MR) is 52.0 cm³/mol. The molecule has 0 amide bonds. The van der Waals surface area contributed by atoms with E-state index in [1.807, 2.05) is 18.2 Å². The lowest BCUT2D eigenvalue weighted by Gasteiger charge is -2.03. The van der Waals surface area contributed by atoms with Crippen molar-refractivity contribution < 1.29 is 18.9 Å². The van der Waals surface area contributed by atoms with E-state index >= 15 is 0 Å². The molecule has 0 saturated carbocycles. The van der Waals surface area contributed by atoms with Gasteiger partial charge in [-0.25, -0.2) is 0 Å². The molecule has 4 nitrogen and oxygen atoms in total. The van der Waals surface area contributed by atoms with Crippen LogP contribution in [0.3, 0.4) is 0 Å². The Morgan fingerprint density at radius 3 is 3.00 bits per heavy atom. The van der Waals surface area contributed by atoms with Crippen molar-refractivity contribution in [2.45, 2.75) is 12.7 Å². The molecule has 0 aliphatic carbocycles. The number of benzene rings is 1. The second-order valence-electron chi connectivity index (χ2n) is 3.66. The number of ether oxygens (including phenoxy) is 4. The zero-order valence-electron chi connectivity index (χ0n) is 8.27. The molecule has 2 aliphatic rings. The molecule has 0 spiro atoms. The molecule has 4 heteroatoms. The van der Waals surface area contributed by atoms with E-state index in [9.17, 15) is 0 Å². The van der Waals surface area contributed by atoms with Crippen LogP contribution in [0, 0.1) is 0 Å². The highest BCUT2D eigenvalue weighted by molar-refractivity contribution is 5.44. The summed E-state index contributed by atoms with van der Waals surface area (Å²) in [6.07, 6.45) is 0.319. The fourth-order valence-electron chi connectivity index (χ4n) is 1.50. The number of hydrogen-bond donors (Lipinski definition) is 0. The highest BCUT2D eigenvalue weighted by atomic mass is 16.7. The zero-order valence-corrected chi connectivity index (χ0v) is 8.27. The van der Waals surface area contributed by atoms with Crippen LogP contribution in [0.15, 0.2) is 18.2 Å². The summed E-state index contributed by atoms with van der Waals surface area (Å²) in [5, 5.41) is 0. The first-order chi connectivity index (χ1) is 7.42. The summed E-state index contributed by atoms with van der Waals surface area (Å²) in [6, 6.07) is 5.85. The highest BCUT2D eigenvalue weighted by Gasteiger charge is 2.22. The third-order valence-electron chi connectivity index (χ3n) is 2.41. The quantitative estimate of drug-likeness (QED) is 0.700. The summed E-state index contributed by atoms with van der Waals surface area (Å²) in [5.41, 5.74) is 1.10. The molecule has 2 heterocycles. The smallest absolute Gasteiger partial charge is 0.231 e. The maximum absolute atomic E-state index is 5.48. The predicted octanol–water partition coefficient (Wildman–Crippen LogP) is 1.33. The average Bonchev–Trinajstić information content (AvgIpc) is 2.95. The van der Waals surface area contributed by atoms with Crippen molar-refractivity contribution in [2.75, 3.05) is 20.0 Å². The van der Waals surface area contributed by atoms with Crippen LogP contribution in [0.4, 0.5) is 0 Å². The Morgan fingerprint density at radius 2 is 2.13 bits per heavy atom. The third kappa shape index (κ3) is 2.06. The van der Waals surface area contributed by atoms with E-state index in [2.05, 4.69) is 0 Å². The molecule has 0 aromatic heterocycles. The number of hydrogen-bond acceptors (Lipinski definition) is 4. The van der Waals surface area contributed by atoms with Crippen LogP contribution in [0.2, 0.25) is 0 Å². The minimum Gasteiger partial charge on any atom is -0.454 e. The zero-order chi connectivity index (χ0) is 10.1. The molecule has 80 valence electrons. The Bertz CT molecular complexity index is 360. The van der Waals surface area contributed by atoms with Crippen LogP contribution < -0.4 is 9.47 Å². The van der Waals surface area contributed by atoms with Crippen LogP contribution >= 0.6 is 0 Å². The largest absolute Gasteiger partial charge is 0.454 e. The Kier molecular flexibility index (Phi) is 2.23. The van der Waals surface area contributed by atoms with Gasteiger partial charge in [-0.2, -0.15) is 0 Å². The van der Waals surface area contributed by atoms with E-state index in [0.717, 1.165) is 23.7 Å². The number of fused-ring (bicyclic) bond motifs is 1. The summed E-state index contributed by atoms with van der Waals surface area (Å²) >= 11 is 0. The van der Waals surface area contributed by atoms with Gasteiger partial charge in [-0.3, -0.25) is 0 Å². The molecule has 0 N–H and O–H groups in total. The van der Waals surface area contributed by atoms with E-state index in [4.69, 9.17) is 18.9 Å². The lowest BCUT2D eigenvalue weighted by atomic mass is 10.2. The first-order valence-electron chi connectivity index (χ1n) is 5.00. The van der Waals surface area contributed by atoms with Crippen LogP contribution in [0.25, 0.3) is 0 Å². The fourth-order valence-corrected chi connectivity index (χ4v) is 1.50. The summed E-state index contributed by atoms with van der Waals surface area (Å²) < 4.78 is 21.0. The topological polar surface area (TPSA) is 40.2 Å². The van der Waals surface area contributed by atoms with Crippen LogP contribution in [0.5, 0.6) is 11.5 Å². The minimum absolute atomic E-state index is 0.315. The van der Waals surface area contributed by atoms with Crippen molar-refractivity contribution in [1.82, 2.24) is 0 Å². The highest BCUT2D eigenvalue weighted by Crippen LogP contribution is 2.32. The lowest BCUT2D eigenvalue weighted by molar-refractivity contribution is 0.104. The molecule has 0 bridgehead atoms. The molecular weight excluding hydrogens is 196 g/mol. The molecule has 1 unspecified atom stereocenters. The van der Waals surface area contributed by atoms with Gasteiger partial charge in [0, 0.05) is 0 Å². The maximum Gasteiger partial charge on any atom is 0.231 e. The molecule has 15 heavy (non-hydrogen) atoms. The number of rotatable bonds is 4. The molecule has 3 rings (SSSR count). The van der Waals surface area contributed by atoms with Crippen molar-refractivity contribution in [2.24, 2.45) is 0 Å². The van der Waals surface area contributed by atoms with E-state index < -0.39 is 0 Å². The van der Waals surface area contributed by atoms with Crippen molar-refractivity contribution in [3.8, 4) is 11.5 Å². The summed E-state index contributed by atoms with van der Waals surface area (Å²) in [7, 11) is 0. The normalized spacial score (nSPS) is 21.7. The van der Waals surface area contributed by atoms with Crippen LogP contribution in [0.1, 0.15) is 5.56 Å². The first kappa shape index (κ1) is 9.00. The second-order valence-corrected chi connectivity index (χ2v) is 3.66. The van der Waals surface area contributed by atoms with E-state index in [0.29, 0.717) is 26.1 Å². The van der Waals surface area contributed by atoms with E-state index in [1.165, 1.54) is 0 Å². The molecule has 1 aromatic rings. The Balaban J connectivity index is 1.59. The molecule has 2 aliphatic heterocycles. The Morgan fingerprint density at radius 1 is 1.27 bits per heavy atom.